The van der Waals surface area contributed by atoms with Crippen molar-refractivity contribution >= 4 is 10.1 Å². The van der Waals surface area contributed by atoms with Gasteiger partial charge >= 0.3 is 0 Å². The standard InChI is InChI=1S/C9H10O5S/c1-2-3-6-8(15(12,13)14)5-4-7(10)9(6)11/h2,4-5,10-11H,1,3H2,(H,12,13,14). The molecule has 0 unspecified atom stereocenters. The smallest absolute Gasteiger partial charge is 0.294 e. The summed E-state index contributed by atoms with van der Waals surface area (Å²) in [6, 6.07) is 2.01. The molecule has 5 nitrogen and oxygen atoms in total. The average Bonchev–Trinajstić information content (AvgIpc) is 2.11. The highest BCUT2D eigenvalue weighted by Gasteiger charge is 2.19. The number of hydrogen-bond donors (Lipinski definition) is 3. The molecular weight excluding hydrogens is 220 g/mol. The van der Waals surface area contributed by atoms with E-state index in [1.54, 1.807) is 0 Å². The molecule has 0 amide bonds. The van der Waals surface area contributed by atoms with Crippen molar-refractivity contribution in [3.05, 3.63) is 30.4 Å². The Morgan fingerprint density at radius 2 is 1.93 bits per heavy atom. The zero-order chi connectivity index (χ0) is 11.6. The van der Waals surface area contributed by atoms with Crippen LogP contribution in [0, 0.1) is 0 Å². The van der Waals surface area contributed by atoms with E-state index in [9.17, 15) is 13.5 Å². The highest BCUT2D eigenvalue weighted by Crippen LogP contribution is 2.33. The van der Waals surface area contributed by atoms with Crippen LogP contribution in [-0.2, 0) is 16.5 Å². The highest BCUT2D eigenvalue weighted by atomic mass is 32.2. The molecule has 3 N–H and O–H groups in total. The second-order valence-electron chi connectivity index (χ2n) is 2.88. The maximum atomic E-state index is 10.9. The second kappa shape index (κ2) is 3.92. The minimum Gasteiger partial charge on any atom is -0.504 e. The Labute approximate surface area is 87.1 Å². The molecule has 0 radical (unpaired) electrons. The number of rotatable bonds is 3. The van der Waals surface area contributed by atoms with Crippen LogP contribution < -0.4 is 0 Å². The molecule has 82 valence electrons. The maximum absolute atomic E-state index is 10.9. The van der Waals surface area contributed by atoms with Crippen molar-refractivity contribution in [3.8, 4) is 11.5 Å². The summed E-state index contributed by atoms with van der Waals surface area (Å²) in [6.45, 7) is 3.38. The van der Waals surface area contributed by atoms with Crippen LogP contribution in [0.4, 0.5) is 0 Å². The van der Waals surface area contributed by atoms with Gasteiger partial charge < -0.3 is 10.2 Å². The molecule has 1 rings (SSSR count). The van der Waals surface area contributed by atoms with Crippen molar-refractivity contribution in [3.63, 3.8) is 0 Å². The molecule has 0 spiro atoms. The molecule has 0 saturated carbocycles. The Kier molecular flexibility index (Phi) is 3.01. The van der Waals surface area contributed by atoms with Crippen molar-refractivity contribution in [1.82, 2.24) is 0 Å². The van der Waals surface area contributed by atoms with Crippen LogP contribution in [-0.4, -0.2) is 23.2 Å². The van der Waals surface area contributed by atoms with Gasteiger partial charge in [0.2, 0.25) is 0 Å². The van der Waals surface area contributed by atoms with Crippen LogP contribution >= 0.6 is 0 Å². The number of phenols is 2. The predicted molar refractivity (Wildman–Crippen MR) is 53.5 cm³/mol. The van der Waals surface area contributed by atoms with Gasteiger partial charge in [-0.3, -0.25) is 4.55 Å². The number of allylic oxidation sites excluding steroid dienone is 1. The summed E-state index contributed by atoms with van der Waals surface area (Å²) in [5, 5.41) is 18.6. The van der Waals surface area contributed by atoms with Crippen LogP contribution in [0.25, 0.3) is 0 Å². The Bertz CT molecular complexity index is 489. The molecule has 0 fully saturated rings. The van der Waals surface area contributed by atoms with Gasteiger partial charge in [-0.1, -0.05) is 6.08 Å². The van der Waals surface area contributed by atoms with E-state index in [0.29, 0.717) is 0 Å². The fourth-order valence-electron chi connectivity index (χ4n) is 1.19. The fourth-order valence-corrected chi connectivity index (χ4v) is 1.92. The predicted octanol–water partition coefficient (Wildman–Crippen LogP) is 1.07. The summed E-state index contributed by atoms with van der Waals surface area (Å²) < 4.78 is 30.7. The summed E-state index contributed by atoms with van der Waals surface area (Å²) >= 11 is 0. The summed E-state index contributed by atoms with van der Waals surface area (Å²) in [7, 11) is -4.41. The van der Waals surface area contributed by atoms with E-state index in [1.165, 1.54) is 6.08 Å². The normalized spacial score (nSPS) is 11.3. The molecule has 6 heteroatoms. The van der Waals surface area contributed by atoms with Crippen molar-refractivity contribution in [2.75, 3.05) is 0 Å². The van der Waals surface area contributed by atoms with Gasteiger partial charge in [-0.15, -0.1) is 6.58 Å². The Balaban J connectivity index is 3.53. The summed E-state index contributed by atoms with van der Waals surface area (Å²) in [4.78, 5) is -0.433. The first-order chi connectivity index (χ1) is 6.88. The third-order valence-electron chi connectivity index (χ3n) is 1.84. The molecule has 1 aromatic rings. The topological polar surface area (TPSA) is 94.8 Å². The van der Waals surface area contributed by atoms with E-state index in [0.717, 1.165) is 12.1 Å². The first kappa shape index (κ1) is 11.5. The van der Waals surface area contributed by atoms with Crippen LogP contribution in [0.15, 0.2) is 29.7 Å². The van der Waals surface area contributed by atoms with Crippen molar-refractivity contribution in [2.24, 2.45) is 0 Å². The summed E-state index contributed by atoms with van der Waals surface area (Å²) in [5.41, 5.74) is -0.0764. The zero-order valence-electron chi connectivity index (χ0n) is 7.71. The van der Waals surface area contributed by atoms with Crippen molar-refractivity contribution < 1.29 is 23.2 Å². The Morgan fingerprint density at radius 3 is 2.40 bits per heavy atom. The monoisotopic (exact) mass is 230 g/mol. The lowest BCUT2D eigenvalue weighted by Crippen LogP contribution is -2.03. The minimum absolute atomic E-state index is 0.0232. The molecule has 0 atom stereocenters. The molecule has 15 heavy (non-hydrogen) atoms. The molecule has 0 aliphatic rings. The quantitative estimate of drug-likeness (QED) is 0.410. The van der Waals surface area contributed by atoms with E-state index >= 15 is 0 Å². The maximum Gasteiger partial charge on any atom is 0.294 e. The van der Waals surface area contributed by atoms with Gasteiger partial charge in [0, 0.05) is 5.56 Å². The van der Waals surface area contributed by atoms with Gasteiger partial charge in [0.1, 0.15) is 4.90 Å². The second-order valence-corrected chi connectivity index (χ2v) is 4.27. The molecule has 0 aliphatic heterocycles. The summed E-state index contributed by atoms with van der Waals surface area (Å²) in [5.74, 6) is -1.01. The Hall–Kier alpha value is -1.53. The van der Waals surface area contributed by atoms with Gasteiger partial charge in [-0.2, -0.15) is 8.42 Å². The first-order valence-corrected chi connectivity index (χ1v) is 5.44. The van der Waals surface area contributed by atoms with Crippen molar-refractivity contribution in [1.29, 1.82) is 0 Å². The van der Waals surface area contributed by atoms with Crippen LogP contribution in [0.5, 0.6) is 11.5 Å². The lowest BCUT2D eigenvalue weighted by molar-refractivity contribution is 0.397. The van der Waals surface area contributed by atoms with Gasteiger partial charge in [0.25, 0.3) is 10.1 Å². The Morgan fingerprint density at radius 1 is 1.33 bits per heavy atom. The van der Waals surface area contributed by atoms with E-state index in [-0.39, 0.29) is 12.0 Å². The van der Waals surface area contributed by atoms with Gasteiger partial charge in [0.15, 0.2) is 11.5 Å². The van der Waals surface area contributed by atoms with Crippen LogP contribution in [0.3, 0.4) is 0 Å². The molecule has 0 bridgehead atoms. The number of aromatic hydroxyl groups is 2. The van der Waals surface area contributed by atoms with Crippen LogP contribution in [0.1, 0.15) is 5.56 Å². The SMILES string of the molecule is C=CCc1c(S(=O)(=O)O)ccc(O)c1O. The molecule has 0 saturated heterocycles. The number of benzene rings is 1. The molecule has 0 heterocycles. The highest BCUT2D eigenvalue weighted by molar-refractivity contribution is 7.85. The van der Waals surface area contributed by atoms with Gasteiger partial charge in [-0.05, 0) is 18.6 Å². The largest absolute Gasteiger partial charge is 0.504 e. The van der Waals surface area contributed by atoms with Crippen LogP contribution in [0.2, 0.25) is 0 Å². The third kappa shape index (κ3) is 2.28. The van der Waals surface area contributed by atoms with Crippen molar-refractivity contribution in [2.45, 2.75) is 11.3 Å². The van der Waals surface area contributed by atoms with E-state index in [2.05, 4.69) is 6.58 Å². The lowest BCUT2D eigenvalue weighted by Gasteiger charge is -2.08. The molecule has 0 aromatic heterocycles. The molecule has 1 aromatic carbocycles. The van der Waals surface area contributed by atoms with E-state index in [4.69, 9.17) is 9.66 Å². The van der Waals surface area contributed by atoms with E-state index < -0.39 is 26.5 Å². The van der Waals surface area contributed by atoms with E-state index in [1.807, 2.05) is 0 Å². The number of phenolic OH excluding ortho intramolecular Hbond substituents is 2. The average molecular weight is 230 g/mol. The minimum atomic E-state index is -4.41. The molecule has 0 aliphatic carbocycles. The van der Waals surface area contributed by atoms with Gasteiger partial charge in [-0.25, -0.2) is 0 Å². The first-order valence-electron chi connectivity index (χ1n) is 4.00. The fraction of sp³-hybridized carbons (Fsp3) is 0.111. The lowest BCUT2D eigenvalue weighted by atomic mass is 10.1. The molecular formula is C9H10O5S. The zero-order valence-corrected chi connectivity index (χ0v) is 8.53. The number of hydrogen-bond acceptors (Lipinski definition) is 4. The third-order valence-corrected chi connectivity index (χ3v) is 2.78. The summed E-state index contributed by atoms with van der Waals surface area (Å²) in [6.07, 6.45) is 1.37. The van der Waals surface area contributed by atoms with Gasteiger partial charge in [0.05, 0.1) is 0 Å².